The molecule has 1 aromatic rings. The van der Waals surface area contributed by atoms with Gasteiger partial charge in [0.1, 0.15) is 0 Å². The van der Waals surface area contributed by atoms with Crippen molar-refractivity contribution >= 4 is 11.9 Å². The summed E-state index contributed by atoms with van der Waals surface area (Å²) >= 11 is 0. The molecular formula is C14H19NO4. The van der Waals surface area contributed by atoms with E-state index < -0.39 is 11.9 Å². The standard InChI is InChI=1S/C9H8O4.C5H11N/c1-5-6(8(10)11)3-2-4-7(5)9(12)13;1-2-4-6-5-3-1/h2-4H,1H3,(H,10,11)(H,12,13);6H,1-5H2. The van der Waals surface area contributed by atoms with E-state index in [9.17, 15) is 9.59 Å². The van der Waals surface area contributed by atoms with E-state index in [-0.39, 0.29) is 16.7 Å². The van der Waals surface area contributed by atoms with Gasteiger partial charge in [-0.05, 0) is 50.6 Å². The van der Waals surface area contributed by atoms with E-state index >= 15 is 0 Å². The molecule has 1 aliphatic rings. The lowest BCUT2D eigenvalue weighted by Gasteiger charge is -2.08. The van der Waals surface area contributed by atoms with Gasteiger partial charge in [0.05, 0.1) is 11.1 Å². The Morgan fingerprint density at radius 3 is 1.74 bits per heavy atom. The number of nitrogens with one attached hydrogen (secondary N) is 1. The van der Waals surface area contributed by atoms with E-state index in [0.29, 0.717) is 0 Å². The number of hydrogen-bond acceptors (Lipinski definition) is 3. The Morgan fingerprint density at radius 1 is 1.00 bits per heavy atom. The zero-order chi connectivity index (χ0) is 14.3. The van der Waals surface area contributed by atoms with Gasteiger partial charge < -0.3 is 15.5 Å². The van der Waals surface area contributed by atoms with E-state index in [0.717, 1.165) is 0 Å². The van der Waals surface area contributed by atoms with Crippen molar-refractivity contribution in [2.45, 2.75) is 26.2 Å². The summed E-state index contributed by atoms with van der Waals surface area (Å²) in [4.78, 5) is 21.2. The molecule has 1 aromatic carbocycles. The number of carboxylic acids is 2. The van der Waals surface area contributed by atoms with Crippen LogP contribution in [0.3, 0.4) is 0 Å². The molecule has 5 heteroatoms. The van der Waals surface area contributed by atoms with E-state index in [4.69, 9.17) is 10.2 Å². The molecule has 0 radical (unpaired) electrons. The maximum Gasteiger partial charge on any atom is 0.335 e. The summed E-state index contributed by atoms with van der Waals surface area (Å²) in [6.45, 7) is 3.98. The minimum Gasteiger partial charge on any atom is -0.478 e. The van der Waals surface area contributed by atoms with Crippen LogP contribution >= 0.6 is 0 Å². The van der Waals surface area contributed by atoms with Gasteiger partial charge in [-0.1, -0.05) is 12.5 Å². The molecule has 0 spiro atoms. The Morgan fingerprint density at radius 2 is 1.47 bits per heavy atom. The van der Waals surface area contributed by atoms with Crippen LogP contribution in [-0.4, -0.2) is 35.2 Å². The van der Waals surface area contributed by atoms with Crippen LogP contribution in [0.25, 0.3) is 0 Å². The molecule has 0 aliphatic carbocycles. The summed E-state index contributed by atoms with van der Waals surface area (Å²) in [6, 6.07) is 4.17. The lowest BCUT2D eigenvalue weighted by atomic mass is 10.0. The van der Waals surface area contributed by atoms with Gasteiger partial charge >= 0.3 is 11.9 Å². The number of carbonyl (C=O) groups is 2. The Balaban J connectivity index is 0.000000250. The Labute approximate surface area is 112 Å². The fraction of sp³-hybridized carbons (Fsp3) is 0.429. The lowest BCUT2D eigenvalue weighted by Crippen LogP contribution is -2.21. The van der Waals surface area contributed by atoms with Gasteiger partial charge in [-0.3, -0.25) is 0 Å². The second kappa shape index (κ2) is 7.53. The number of rotatable bonds is 2. The third kappa shape index (κ3) is 4.71. The summed E-state index contributed by atoms with van der Waals surface area (Å²) in [5.41, 5.74) is 0.335. The fourth-order valence-electron chi connectivity index (χ4n) is 1.90. The van der Waals surface area contributed by atoms with Crippen LogP contribution < -0.4 is 5.32 Å². The lowest BCUT2D eigenvalue weighted by molar-refractivity contribution is 0.0696. The van der Waals surface area contributed by atoms with Gasteiger partial charge in [0.2, 0.25) is 0 Å². The van der Waals surface area contributed by atoms with Gasteiger partial charge in [-0.25, -0.2) is 9.59 Å². The number of piperidine rings is 1. The van der Waals surface area contributed by atoms with Crippen molar-refractivity contribution in [1.29, 1.82) is 0 Å². The van der Waals surface area contributed by atoms with Crippen LogP contribution in [-0.2, 0) is 0 Å². The molecule has 0 bridgehead atoms. The molecule has 1 heterocycles. The van der Waals surface area contributed by atoms with Gasteiger partial charge in [0.25, 0.3) is 0 Å². The number of hydrogen-bond donors (Lipinski definition) is 3. The first kappa shape index (κ1) is 15.2. The quantitative estimate of drug-likeness (QED) is 0.762. The van der Waals surface area contributed by atoms with Crippen molar-refractivity contribution in [2.24, 2.45) is 0 Å². The summed E-state index contributed by atoms with van der Waals surface area (Å²) in [5.74, 6) is -2.22. The van der Waals surface area contributed by atoms with E-state index in [1.54, 1.807) is 0 Å². The van der Waals surface area contributed by atoms with Crippen LogP contribution in [0.4, 0.5) is 0 Å². The van der Waals surface area contributed by atoms with Crippen molar-refractivity contribution in [2.75, 3.05) is 13.1 Å². The van der Waals surface area contributed by atoms with Crippen LogP contribution in [0.2, 0.25) is 0 Å². The van der Waals surface area contributed by atoms with Crippen molar-refractivity contribution in [1.82, 2.24) is 5.32 Å². The highest BCUT2D eigenvalue weighted by molar-refractivity contribution is 5.96. The smallest absolute Gasteiger partial charge is 0.335 e. The van der Waals surface area contributed by atoms with Gasteiger partial charge in [0, 0.05) is 0 Å². The number of carboxylic acid groups (broad SMARTS) is 2. The first-order valence-electron chi connectivity index (χ1n) is 6.31. The van der Waals surface area contributed by atoms with E-state index in [1.807, 2.05) is 0 Å². The summed E-state index contributed by atoms with van der Waals surface area (Å²) < 4.78 is 0. The third-order valence-electron chi connectivity index (χ3n) is 3.00. The Bertz CT molecular complexity index is 409. The topological polar surface area (TPSA) is 86.6 Å². The maximum atomic E-state index is 10.6. The minimum absolute atomic E-state index is 0.0277. The average Bonchev–Trinajstić information content (AvgIpc) is 2.41. The second-order valence-corrected chi connectivity index (χ2v) is 4.40. The molecule has 2 rings (SSSR count). The first-order chi connectivity index (χ1) is 9.04. The zero-order valence-electron chi connectivity index (χ0n) is 11.0. The molecule has 3 N–H and O–H groups in total. The highest BCUT2D eigenvalue weighted by Crippen LogP contribution is 2.13. The summed E-state index contributed by atoms with van der Waals surface area (Å²) in [7, 11) is 0. The zero-order valence-corrected chi connectivity index (χ0v) is 11.0. The Kier molecular flexibility index (Phi) is 6.02. The van der Waals surface area contributed by atoms with E-state index in [2.05, 4.69) is 5.32 Å². The minimum atomic E-state index is -1.11. The van der Waals surface area contributed by atoms with Crippen LogP contribution in [0.5, 0.6) is 0 Å². The average molecular weight is 265 g/mol. The van der Waals surface area contributed by atoms with Gasteiger partial charge in [-0.2, -0.15) is 0 Å². The van der Waals surface area contributed by atoms with Crippen LogP contribution in [0, 0.1) is 6.92 Å². The van der Waals surface area contributed by atoms with Crippen LogP contribution in [0.15, 0.2) is 18.2 Å². The number of aromatic carboxylic acids is 2. The predicted molar refractivity (Wildman–Crippen MR) is 71.8 cm³/mol. The van der Waals surface area contributed by atoms with Gasteiger partial charge in [0.15, 0.2) is 0 Å². The summed E-state index contributed by atoms with van der Waals surface area (Å²) in [6.07, 6.45) is 4.22. The van der Waals surface area contributed by atoms with Crippen molar-refractivity contribution in [3.8, 4) is 0 Å². The van der Waals surface area contributed by atoms with E-state index in [1.165, 1.54) is 57.5 Å². The monoisotopic (exact) mass is 265 g/mol. The molecule has 0 aromatic heterocycles. The molecule has 1 aliphatic heterocycles. The maximum absolute atomic E-state index is 10.6. The second-order valence-electron chi connectivity index (χ2n) is 4.40. The molecule has 0 amide bonds. The normalized spacial score (nSPS) is 14.2. The Hall–Kier alpha value is -1.88. The fourth-order valence-corrected chi connectivity index (χ4v) is 1.90. The van der Waals surface area contributed by atoms with Gasteiger partial charge in [-0.15, -0.1) is 0 Å². The molecule has 104 valence electrons. The molecule has 1 fully saturated rings. The largest absolute Gasteiger partial charge is 0.478 e. The summed E-state index contributed by atoms with van der Waals surface area (Å²) in [5, 5.41) is 20.6. The van der Waals surface area contributed by atoms with Crippen LogP contribution in [0.1, 0.15) is 45.5 Å². The van der Waals surface area contributed by atoms with Crippen molar-refractivity contribution in [3.05, 3.63) is 34.9 Å². The number of benzene rings is 1. The molecule has 19 heavy (non-hydrogen) atoms. The first-order valence-corrected chi connectivity index (χ1v) is 6.31. The molecular weight excluding hydrogens is 246 g/mol. The molecule has 0 atom stereocenters. The van der Waals surface area contributed by atoms with Crippen molar-refractivity contribution < 1.29 is 19.8 Å². The highest BCUT2D eigenvalue weighted by Gasteiger charge is 2.13. The predicted octanol–water partition coefficient (Wildman–Crippen LogP) is 2.15. The molecule has 1 saturated heterocycles. The molecule has 5 nitrogen and oxygen atoms in total. The highest BCUT2D eigenvalue weighted by atomic mass is 16.4. The molecule has 0 saturated carbocycles. The third-order valence-corrected chi connectivity index (χ3v) is 3.00. The SMILES string of the molecule is C1CCNCC1.Cc1c(C(=O)O)cccc1C(=O)O. The van der Waals surface area contributed by atoms with Crippen molar-refractivity contribution in [3.63, 3.8) is 0 Å². The molecule has 0 unspecified atom stereocenters.